The summed E-state index contributed by atoms with van der Waals surface area (Å²) in [5.74, 6) is 0.0513. The fourth-order valence-corrected chi connectivity index (χ4v) is 2.25. The first-order valence-corrected chi connectivity index (χ1v) is 6.70. The predicted molar refractivity (Wildman–Crippen MR) is 71.6 cm³/mol. The summed E-state index contributed by atoms with van der Waals surface area (Å²) in [6, 6.07) is 5.41. The smallest absolute Gasteiger partial charge is 0.270 e. The molecule has 0 atom stereocenters. The molecule has 2 heterocycles. The van der Waals surface area contributed by atoms with Gasteiger partial charge in [0.1, 0.15) is 5.69 Å². The van der Waals surface area contributed by atoms with E-state index in [1.54, 1.807) is 24.4 Å². The minimum Gasteiger partial charge on any atom is -0.348 e. The van der Waals surface area contributed by atoms with Crippen LogP contribution in [0.5, 0.6) is 0 Å². The van der Waals surface area contributed by atoms with Crippen LogP contribution in [0.2, 0.25) is 0 Å². The van der Waals surface area contributed by atoms with Crippen LogP contribution >= 0.6 is 0 Å². The summed E-state index contributed by atoms with van der Waals surface area (Å²) < 4.78 is 0. The van der Waals surface area contributed by atoms with Crippen LogP contribution in [0, 0.1) is 0 Å². The molecule has 0 bridgehead atoms. The van der Waals surface area contributed by atoms with Crippen LogP contribution in [0.1, 0.15) is 36.7 Å². The third-order valence-electron chi connectivity index (χ3n) is 3.38. The number of nitrogens with zero attached hydrogens (tertiary/aromatic N) is 2. The molecular formula is C14H19N3O2. The number of aromatic nitrogens is 1. The maximum atomic E-state index is 11.9. The summed E-state index contributed by atoms with van der Waals surface area (Å²) in [5, 5.41) is 2.97. The number of hydrogen-bond acceptors (Lipinski definition) is 3. The summed E-state index contributed by atoms with van der Waals surface area (Å²) in [5.41, 5.74) is 0.439. The van der Waals surface area contributed by atoms with Crippen molar-refractivity contribution in [1.29, 1.82) is 0 Å². The third kappa shape index (κ3) is 3.53. The van der Waals surface area contributed by atoms with E-state index in [0.717, 1.165) is 25.9 Å². The zero-order chi connectivity index (χ0) is 13.7. The number of amides is 2. The van der Waals surface area contributed by atoms with Gasteiger partial charge in [-0.3, -0.25) is 14.6 Å². The van der Waals surface area contributed by atoms with E-state index in [-0.39, 0.29) is 17.9 Å². The highest BCUT2D eigenvalue weighted by molar-refractivity contribution is 5.92. The number of pyridine rings is 1. The van der Waals surface area contributed by atoms with Crippen molar-refractivity contribution in [2.24, 2.45) is 0 Å². The van der Waals surface area contributed by atoms with Crippen molar-refractivity contribution < 1.29 is 9.59 Å². The van der Waals surface area contributed by atoms with Crippen molar-refractivity contribution in [2.75, 3.05) is 13.1 Å². The number of likely N-dealkylation sites (tertiary alicyclic amines) is 1. The summed E-state index contributed by atoms with van der Waals surface area (Å²) in [6.07, 6.45) is 3.77. The number of piperidine rings is 1. The number of carbonyl (C=O) groups excluding carboxylic acids is 2. The highest BCUT2D eigenvalue weighted by Gasteiger charge is 2.23. The molecule has 5 nitrogen and oxygen atoms in total. The van der Waals surface area contributed by atoms with E-state index in [1.165, 1.54) is 0 Å². The van der Waals surface area contributed by atoms with Gasteiger partial charge in [0, 0.05) is 31.7 Å². The Labute approximate surface area is 113 Å². The van der Waals surface area contributed by atoms with E-state index >= 15 is 0 Å². The summed E-state index contributed by atoms with van der Waals surface area (Å²) in [6.45, 7) is 3.32. The van der Waals surface area contributed by atoms with Crippen LogP contribution < -0.4 is 5.32 Å². The van der Waals surface area contributed by atoms with E-state index in [0.29, 0.717) is 12.1 Å². The van der Waals surface area contributed by atoms with Crippen molar-refractivity contribution in [2.45, 2.75) is 32.2 Å². The zero-order valence-electron chi connectivity index (χ0n) is 11.1. The molecule has 0 aromatic carbocycles. The standard InChI is InChI=1S/C14H19N3O2/c1-2-13(18)17-9-6-11(7-10-17)16-14(19)12-5-3-4-8-15-12/h3-5,8,11H,2,6-7,9-10H2,1H3,(H,16,19). The Hall–Kier alpha value is -1.91. The van der Waals surface area contributed by atoms with Crippen molar-refractivity contribution in [3.05, 3.63) is 30.1 Å². The van der Waals surface area contributed by atoms with Crippen molar-refractivity contribution in [3.63, 3.8) is 0 Å². The third-order valence-corrected chi connectivity index (χ3v) is 3.38. The number of hydrogen-bond donors (Lipinski definition) is 1. The molecule has 1 saturated heterocycles. The van der Waals surface area contributed by atoms with Crippen LogP contribution in [0.4, 0.5) is 0 Å². The van der Waals surface area contributed by atoms with Crippen molar-refractivity contribution >= 4 is 11.8 Å². The fraction of sp³-hybridized carbons (Fsp3) is 0.500. The van der Waals surface area contributed by atoms with E-state index in [4.69, 9.17) is 0 Å². The van der Waals surface area contributed by atoms with Gasteiger partial charge in [-0.05, 0) is 25.0 Å². The highest BCUT2D eigenvalue weighted by Crippen LogP contribution is 2.12. The van der Waals surface area contributed by atoms with E-state index < -0.39 is 0 Å². The molecule has 2 amide bonds. The van der Waals surface area contributed by atoms with Gasteiger partial charge in [-0.2, -0.15) is 0 Å². The lowest BCUT2D eigenvalue weighted by Gasteiger charge is -2.32. The van der Waals surface area contributed by atoms with Crippen molar-refractivity contribution in [1.82, 2.24) is 15.2 Å². The second kappa shape index (κ2) is 6.31. The maximum absolute atomic E-state index is 11.9. The Morgan fingerprint density at radius 3 is 2.68 bits per heavy atom. The number of nitrogens with one attached hydrogen (secondary N) is 1. The summed E-state index contributed by atoms with van der Waals surface area (Å²) >= 11 is 0. The van der Waals surface area contributed by atoms with Crippen LogP contribution in [-0.4, -0.2) is 40.8 Å². The molecule has 1 aliphatic heterocycles. The van der Waals surface area contributed by atoms with Gasteiger partial charge in [0.25, 0.3) is 5.91 Å². The Morgan fingerprint density at radius 2 is 2.11 bits per heavy atom. The first-order valence-electron chi connectivity index (χ1n) is 6.70. The second-order valence-electron chi connectivity index (χ2n) is 4.70. The Morgan fingerprint density at radius 1 is 1.37 bits per heavy atom. The van der Waals surface area contributed by atoms with E-state index in [1.807, 2.05) is 11.8 Å². The quantitative estimate of drug-likeness (QED) is 0.889. The lowest BCUT2D eigenvalue weighted by molar-refractivity contribution is -0.131. The minimum atomic E-state index is -0.138. The molecule has 1 aromatic heterocycles. The molecule has 1 N–H and O–H groups in total. The molecule has 5 heteroatoms. The minimum absolute atomic E-state index is 0.135. The lowest BCUT2D eigenvalue weighted by Crippen LogP contribution is -2.46. The topological polar surface area (TPSA) is 62.3 Å². The van der Waals surface area contributed by atoms with Gasteiger partial charge in [0.05, 0.1) is 0 Å². The number of rotatable bonds is 3. The van der Waals surface area contributed by atoms with Gasteiger partial charge in [-0.25, -0.2) is 0 Å². The van der Waals surface area contributed by atoms with E-state index in [9.17, 15) is 9.59 Å². The van der Waals surface area contributed by atoms with Gasteiger partial charge in [-0.1, -0.05) is 13.0 Å². The SMILES string of the molecule is CCC(=O)N1CCC(NC(=O)c2ccccn2)CC1. The molecule has 102 valence electrons. The normalized spacial score (nSPS) is 16.2. The molecule has 0 unspecified atom stereocenters. The number of carbonyl (C=O) groups is 2. The molecule has 19 heavy (non-hydrogen) atoms. The lowest BCUT2D eigenvalue weighted by atomic mass is 10.0. The molecule has 0 radical (unpaired) electrons. The summed E-state index contributed by atoms with van der Waals surface area (Å²) in [7, 11) is 0. The van der Waals surface area contributed by atoms with Gasteiger partial charge < -0.3 is 10.2 Å². The highest BCUT2D eigenvalue weighted by atomic mass is 16.2. The largest absolute Gasteiger partial charge is 0.348 e. The Kier molecular flexibility index (Phi) is 4.49. The molecule has 0 saturated carbocycles. The van der Waals surface area contributed by atoms with Gasteiger partial charge in [0.2, 0.25) is 5.91 Å². The molecule has 1 aromatic rings. The van der Waals surface area contributed by atoms with Gasteiger partial charge >= 0.3 is 0 Å². The van der Waals surface area contributed by atoms with Gasteiger partial charge in [-0.15, -0.1) is 0 Å². The zero-order valence-corrected chi connectivity index (χ0v) is 11.1. The molecule has 1 aliphatic rings. The van der Waals surface area contributed by atoms with Crippen LogP contribution in [-0.2, 0) is 4.79 Å². The molecular weight excluding hydrogens is 242 g/mol. The molecule has 2 rings (SSSR count). The Balaban J connectivity index is 1.83. The Bertz CT molecular complexity index is 439. The molecule has 1 fully saturated rings. The van der Waals surface area contributed by atoms with E-state index in [2.05, 4.69) is 10.3 Å². The van der Waals surface area contributed by atoms with Crippen LogP contribution in [0.25, 0.3) is 0 Å². The van der Waals surface area contributed by atoms with Gasteiger partial charge in [0.15, 0.2) is 0 Å². The first kappa shape index (κ1) is 13.5. The summed E-state index contributed by atoms with van der Waals surface area (Å²) in [4.78, 5) is 29.4. The molecule has 0 aliphatic carbocycles. The van der Waals surface area contributed by atoms with Crippen LogP contribution in [0.15, 0.2) is 24.4 Å². The van der Waals surface area contributed by atoms with Crippen molar-refractivity contribution in [3.8, 4) is 0 Å². The average Bonchev–Trinajstić information content (AvgIpc) is 2.48. The monoisotopic (exact) mass is 261 g/mol. The maximum Gasteiger partial charge on any atom is 0.270 e. The molecule has 0 spiro atoms. The van der Waals surface area contributed by atoms with Crippen LogP contribution in [0.3, 0.4) is 0 Å². The fourth-order valence-electron chi connectivity index (χ4n) is 2.25. The predicted octanol–water partition coefficient (Wildman–Crippen LogP) is 1.21. The average molecular weight is 261 g/mol. The first-order chi connectivity index (χ1) is 9.20. The second-order valence-corrected chi connectivity index (χ2v) is 4.70.